The van der Waals surface area contributed by atoms with Gasteiger partial charge < -0.3 is 4.43 Å². The van der Waals surface area contributed by atoms with Crippen LogP contribution in [0.2, 0.25) is 6.04 Å². The lowest BCUT2D eigenvalue weighted by molar-refractivity contribution is 0.362. The molecule has 0 aliphatic heterocycles. The van der Waals surface area contributed by atoms with E-state index in [1.807, 2.05) is 6.92 Å². The summed E-state index contributed by atoms with van der Waals surface area (Å²) < 4.78 is 5.07. The molecular formula is C5H10OSi. The van der Waals surface area contributed by atoms with E-state index in [1.165, 1.54) is 0 Å². The standard InChI is InChI=1S/C5H10OSi/c1-3-5-7-6-4-2/h1H,4-5,7H2,2H3. The molecule has 0 spiro atoms. The Bertz CT molecular complexity index is 65.0. The molecule has 2 heteroatoms. The van der Waals surface area contributed by atoms with Crippen LogP contribution >= 0.6 is 0 Å². The quantitative estimate of drug-likeness (QED) is 0.288. The minimum absolute atomic E-state index is 0.325. The second-order valence-electron chi connectivity index (χ2n) is 1.15. The zero-order chi connectivity index (χ0) is 5.54. The first-order chi connectivity index (χ1) is 3.41. The van der Waals surface area contributed by atoms with Crippen LogP contribution < -0.4 is 0 Å². The van der Waals surface area contributed by atoms with Crippen molar-refractivity contribution >= 4 is 9.76 Å². The van der Waals surface area contributed by atoms with E-state index in [2.05, 4.69) is 5.92 Å². The highest BCUT2D eigenvalue weighted by Crippen LogP contribution is 1.74. The van der Waals surface area contributed by atoms with Crippen molar-refractivity contribution in [2.45, 2.75) is 13.0 Å². The molecule has 0 aromatic carbocycles. The lowest BCUT2D eigenvalue weighted by Gasteiger charge is -1.90. The van der Waals surface area contributed by atoms with E-state index in [4.69, 9.17) is 10.8 Å². The van der Waals surface area contributed by atoms with Crippen LogP contribution in [0.5, 0.6) is 0 Å². The van der Waals surface area contributed by atoms with Gasteiger partial charge in [0.1, 0.15) is 0 Å². The SMILES string of the molecule is C#CC[SiH2]OCC. The van der Waals surface area contributed by atoms with Crippen LogP contribution in [-0.4, -0.2) is 16.4 Å². The maximum absolute atomic E-state index is 5.07. The predicted octanol–water partition coefficient (Wildman–Crippen LogP) is 0.158. The third-order valence-electron chi connectivity index (χ3n) is 0.595. The number of hydrogen-bond acceptors (Lipinski definition) is 1. The van der Waals surface area contributed by atoms with Gasteiger partial charge in [0.05, 0.1) is 0 Å². The zero-order valence-corrected chi connectivity index (χ0v) is 6.02. The van der Waals surface area contributed by atoms with E-state index in [0.717, 1.165) is 12.7 Å². The Labute approximate surface area is 47.0 Å². The summed E-state index contributed by atoms with van der Waals surface area (Å²) in [5.74, 6) is 2.54. The van der Waals surface area contributed by atoms with E-state index in [0.29, 0.717) is 0 Å². The molecule has 0 aliphatic carbocycles. The Morgan fingerprint density at radius 3 is 3.00 bits per heavy atom. The smallest absolute Gasteiger partial charge is 0.173 e. The summed E-state index contributed by atoms with van der Waals surface area (Å²) in [5.41, 5.74) is 0. The molecule has 0 fully saturated rings. The summed E-state index contributed by atoms with van der Waals surface area (Å²) in [5, 5.41) is 0. The third-order valence-corrected chi connectivity index (χ3v) is 1.78. The fourth-order valence-corrected chi connectivity index (χ4v) is 0.826. The summed E-state index contributed by atoms with van der Waals surface area (Å²) in [6, 6.07) is 0.869. The van der Waals surface area contributed by atoms with Gasteiger partial charge in [-0.1, -0.05) is 0 Å². The number of terminal acetylenes is 1. The summed E-state index contributed by atoms with van der Waals surface area (Å²) >= 11 is 0. The molecule has 0 heterocycles. The molecule has 0 saturated carbocycles. The Balaban J connectivity index is 2.60. The van der Waals surface area contributed by atoms with E-state index in [1.54, 1.807) is 0 Å². The highest BCUT2D eigenvalue weighted by molar-refractivity contribution is 6.28. The van der Waals surface area contributed by atoms with Gasteiger partial charge in [-0.15, -0.1) is 12.3 Å². The van der Waals surface area contributed by atoms with Crippen LogP contribution in [-0.2, 0) is 4.43 Å². The molecule has 0 aromatic heterocycles. The van der Waals surface area contributed by atoms with Crippen LogP contribution in [0.1, 0.15) is 6.92 Å². The van der Waals surface area contributed by atoms with E-state index in [9.17, 15) is 0 Å². The minimum atomic E-state index is -0.325. The molecule has 0 radical (unpaired) electrons. The van der Waals surface area contributed by atoms with Crippen LogP contribution in [0.15, 0.2) is 0 Å². The summed E-state index contributed by atoms with van der Waals surface area (Å²) in [6.45, 7) is 2.82. The second-order valence-corrected chi connectivity index (χ2v) is 2.47. The van der Waals surface area contributed by atoms with Crippen molar-refractivity contribution < 1.29 is 4.43 Å². The predicted molar refractivity (Wildman–Crippen MR) is 33.8 cm³/mol. The van der Waals surface area contributed by atoms with Crippen molar-refractivity contribution in [2.75, 3.05) is 6.61 Å². The summed E-state index contributed by atoms with van der Waals surface area (Å²) in [4.78, 5) is 0. The van der Waals surface area contributed by atoms with Crippen molar-refractivity contribution in [3.05, 3.63) is 0 Å². The molecule has 0 unspecified atom stereocenters. The van der Waals surface area contributed by atoms with Gasteiger partial charge in [0, 0.05) is 12.7 Å². The van der Waals surface area contributed by atoms with Crippen molar-refractivity contribution in [3.63, 3.8) is 0 Å². The van der Waals surface area contributed by atoms with Crippen LogP contribution in [0.3, 0.4) is 0 Å². The fourth-order valence-electron chi connectivity index (χ4n) is 0.275. The largest absolute Gasteiger partial charge is 0.423 e. The van der Waals surface area contributed by atoms with Gasteiger partial charge in [0.2, 0.25) is 0 Å². The molecule has 0 amide bonds. The zero-order valence-electron chi connectivity index (χ0n) is 4.61. The van der Waals surface area contributed by atoms with Crippen LogP contribution in [0.25, 0.3) is 0 Å². The first-order valence-corrected chi connectivity index (χ1v) is 4.00. The molecule has 0 aromatic rings. The summed E-state index contributed by atoms with van der Waals surface area (Å²) in [7, 11) is -0.325. The van der Waals surface area contributed by atoms with E-state index >= 15 is 0 Å². The van der Waals surface area contributed by atoms with Gasteiger partial charge in [-0.2, -0.15) is 0 Å². The van der Waals surface area contributed by atoms with Crippen molar-refractivity contribution in [1.29, 1.82) is 0 Å². The van der Waals surface area contributed by atoms with Gasteiger partial charge in [0.25, 0.3) is 0 Å². The fraction of sp³-hybridized carbons (Fsp3) is 0.600. The molecule has 1 nitrogen and oxygen atoms in total. The monoisotopic (exact) mass is 114 g/mol. The van der Waals surface area contributed by atoms with Gasteiger partial charge in [-0.3, -0.25) is 0 Å². The van der Waals surface area contributed by atoms with E-state index in [-0.39, 0.29) is 9.76 Å². The highest BCUT2D eigenvalue weighted by atomic mass is 28.2. The molecular weight excluding hydrogens is 104 g/mol. The topological polar surface area (TPSA) is 9.23 Å². The van der Waals surface area contributed by atoms with Gasteiger partial charge in [-0.25, -0.2) is 0 Å². The maximum Gasteiger partial charge on any atom is 0.173 e. The second kappa shape index (κ2) is 5.74. The van der Waals surface area contributed by atoms with Gasteiger partial charge >= 0.3 is 0 Å². The Hall–Kier alpha value is -0.263. The Morgan fingerprint density at radius 2 is 2.57 bits per heavy atom. The first kappa shape index (κ1) is 6.74. The average molecular weight is 114 g/mol. The number of rotatable bonds is 3. The van der Waals surface area contributed by atoms with Gasteiger partial charge in [0.15, 0.2) is 9.76 Å². The van der Waals surface area contributed by atoms with Crippen molar-refractivity contribution in [2.24, 2.45) is 0 Å². The maximum atomic E-state index is 5.07. The average Bonchev–Trinajstić information content (AvgIpc) is 1.69. The van der Waals surface area contributed by atoms with Crippen molar-refractivity contribution in [3.8, 4) is 12.3 Å². The molecule has 40 valence electrons. The normalized spacial score (nSPS) is 9.71. The molecule has 0 rings (SSSR count). The van der Waals surface area contributed by atoms with Crippen LogP contribution in [0, 0.1) is 12.3 Å². The Kier molecular flexibility index (Phi) is 5.52. The lowest BCUT2D eigenvalue weighted by Crippen LogP contribution is -1.94. The third kappa shape index (κ3) is 5.74. The minimum Gasteiger partial charge on any atom is -0.423 e. The lowest BCUT2D eigenvalue weighted by atomic mass is 10.8. The van der Waals surface area contributed by atoms with Gasteiger partial charge in [-0.05, 0) is 6.92 Å². The Morgan fingerprint density at radius 1 is 1.86 bits per heavy atom. The highest BCUT2D eigenvalue weighted by Gasteiger charge is 1.77. The summed E-state index contributed by atoms with van der Waals surface area (Å²) in [6.07, 6.45) is 4.97. The molecule has 7 heavy (non-hydrogen) atoms. The molecule has 0 atom stereocenters. The van der Waals surface area contributed by atoms with Crippen molar-refractivity contribution in [1.82, 2.24) is 0 Å². The molecule has 0 bridgehead atoms. The molecule has 0 aliphatic rings. The number of hydrogen-bond donors (Lipinski definition) is 0. The molecule has 0 saturated heterocycles. The molecule has 0 N–H and O–H groups in total. The van der Waals surface area contributed by atoms with Crippen LogP contribution in [0.4, 0.5) is 0 Å². The van der Waals surface area contributed by atoms with E-state index < -0.39 is 0 Å². The first-order valence-electron chi connectivity index (χ1n) is 2.43.